The van der Waals surface area contributed by atoms with Crippen LogP contribution in [0.2, 0.25) is 0 Å². The second-order valence-electron chi connectivity index (χ2n) is 14.5. The summed E-state index contributed by atoms with van der Waals surface area (Å²) in [6.45, 7) is 10.6. The van der Waals surface area contributed by atoms with Gasteiger partial charge in [-0.3, -0.25) is 9.59 Å². The fourth-order valence-corrected chi connectivity index (χ4v) is 5.86. The van der Waals surface area contributed by atoms with Crippen molar-refractivity contribution in [1.82, 2.24) is 0 Å². The number of anilines is 1. The maximum absolute atomic E-state index is 13.5. The maximum atomic E-state index is 13.5. The molecule has 1 amide bonds. The molecule has 0 bridgehead atoms. The molecule has 2 saturated heterocycles. The van der Waals surface area contributed by atoms with Crippen molar-refractivity contribution in [3.05, 3.63) is 88.5 Å². The summed E-state index contributed by atoms with van der Waals surface area (Å²) in [6, 6.07) is 17.3. The number of aliphatic hydroxyl groups is 1. The minimum atomic E-state index is -2.04. The van der Waals surface area contributed by atoms with E-state index in [1.807, 2.05) is 12.1 Å². The zero-order valence-electron chi connectivity index (χ0n) is 30.8. The molecule has 0 atom stereocenters. The quantitative estimate of drug-likeness (QED) is 0.122. The first kappa shape index (κ1) is 39.1. The molecule has 0 unspecified atom stereocenters. The standard InChI is InChI=1S/C39H49NO12/c1-25(41)46-18-34(42)40-29-10-8-9-28(17-29)39(43,30-15-26(11-13-32(30)51-23-44-6)35-47-19-37(2,3)20-48-35)31-16-27(12-14-33(31)52-24-45-7)36-49-21-38(4,5)22-50-36/h8-17,35-36,43H,18-24H2,1-7H3,(H,40,42). The van der Waals surface area contributed by atoms with E-state index < -0.39 is 36.7 Å². The van der Waals surface area contributed by atoms with Crippen molar-refractivity contribution in [2.24, 2.45) is 10.8 Å². The summed E-state index contributed by atoms with van der Waals surface area (Å²) in [6.07, 6.45) is -1.44. The van der Waals surface area contributed by atoms with Gasteiger partial charge in [0.1, 0.15) is 17.1 Å². The summed E-state index contributed by atoms with van der Waals surface area (Å²) in [4.78, 5) is 24.1. The lowest BCUT2D eigenvalue weighted by atomic mass is 9.78. The summed E-state index contributed by atoms with van der Waals surface area (Å²) in [5, 5.41) is 16.3. The number of esters is 1. The molecule has 3 aromatic carbocycles. The van der Waals surface area contributed by atoms with Crippen LogP contribution in [0.4, 0.5) is 5.69 Å². The molecule has 2 fully saturated rings. The van der Waals surface area contributed by atoms with Gasteiger partial charge in [0.05, 0.1) is 26.4 Å². The van der Waals surface area contributed by atoms with E-state index in [-0.39, 0.29) is 24.4 Å². The van der Waals surface area contributed by atoms with Crippen LogP contribution in [0.1, 0.15) is 75.0 Å². The first-order valence-corrected chi connectivity index (χ1v) is 17.0. The van der Waals surface area contributed by atoms with Crippen LogP contribution in [0.3, 0.4) is 0 Å². The Bertz CT molecular complexity index is 1600. The molecule has 5 rings (SSSR count). The number of benzene rings is 3. The zero-order valence-corrected chi connectivity index (χ0v) is 30.8. The van der Waals surface area contributed by atoms with Crippen LogP contribution in [0.25, 0.3) is 0 Å². The van der Waals surface area contributed by atoms with Gasteiger partial charge in [-0.05, 0) is 42.0 Å². The Morgan fingerprint density at radius 2 is 1.25 bits per heavy atom. The topological polar surface area (TPSA) is 149 Å². The van der Waals surface area contributed by atoms with E-state index in [1.54, 1.807) is 48.5 Å². The molecule has 2 N–H and O–H groups in total. The van der Waals surface area contributed by atoms with Gasteiger partial charge in [-0.25, -0.2) is 0 Å². The Kier molecular flexibility index (Phi) is 12.6. The van der Waals surface area contributed by atoms with Gasteiger partial charge in [-0.15, -0.1) is 0 Å². The smallest absolute Gasteiger partial charge is 0.303 e. The lowest BCUT2D eigenvalue weighted by molar-refractivity contribution is -0.226. The van der Waals surface area contributed by atoms with Crippen LogP contribution in [0.5, 0.6) is 11.5 Å². The van der Waals surface area contributed by atoms with Crippen molar-refractivity contribution in [3.8, 4) is 11.5 Å². The average Bonchev–Trinajstić information content (AvgIpc) is 3.12. The van der Waals surface area contributed by atoms with E-state index in [9.17, 15) is 14.7 Å². The molecule has 0 saturated carbocycles. The third kappa shape index (κ3) is 9.47. The normalized spacial score (nSPS) is 17.7. The second-order valence-corrected chi connectivity index (χ2v) is 14.5. The number of nitrogens with one attached hydrogen (secondary N) is 1. The van der Waals surface area contributed by atoms with Crippen molar-refractivity contribution in [2.75, 3.05) is 66.2 Å². The average molecular weight is 724 g/mol. The summed E-state index contributed by atoms with van der Waals surface area (Å²) in [5.74, 6) is -0.557. The van der Waals surface area contributed by atoms with E-state index in [2.05, 4.69) is 33.0 Å². The van der Waals surface area contributed by atoms with Crippen LogP contribution in [-0.4, -0.2) is 77.8 Å². The number of methoxy groups -OCH3 is 2. The first-order chi connectivity index (χ1) is 24.7. The molecule has 52 heavy (non-hydrogen) atoms. The number of carbonyl (C=O) groups excluding carboxylic acids is 2. The lowest BCUT2D eigenvalue weighted by Gasteiger charge is -2.37. The highest BCUT2D eigenvalue weighted by molar-refractivity contribution is 5.92. The molecule has 282 valence electrons. The Hall–Kier alpha value is -4.08. The minimum absolute atomic E-state index is 0.119. The molecule has 0 spiro atoms. The van der Waals surface area contributed by atoms with Crippen molar-refractivity contribution in [1.29, 1.82) is 0 Å². The Labute approximate surface area is 304 Å². The summed E-state index contributed by atoms with van der Waals surface area (Å²) >= 11 is 0. The van der Waals surface area contributed by atoms with E-state index in [4.69, 9.17) is 42.6 Å². The van der Waals surface area contributed by atoms with Crippen LogP contribution in [0.15, 0.2) is 60.7 Å². The summed E-state index contributed by atoms with van der Waals surface area (Å²) in [7, 11) is 3.00. The van der Waals surface area contributed by atoms with Crippen LogP contribution in [-0.2, 0) is 48.3 Å². The Morgan fingerprint density at radius 3 is 1.69 bits per heavy atom. The van der Waals surface area contributed by atoms with E-state index in [1.165, 1.54) is 21.1 Å². The van der Waals surface area contributed by atoms with Crippen molar-refractivity contribution >= 4 is 17.6 Å². The van der Waals surface area contributed by atoms with Gasteiger partial charge in [-0.1, -0.05) is 52.0 Å². The Morgan fingerprint density at radius 1 is 0.769 bits per heavy atom. The molecular weight excluding hydrogens is 674 g/mol. The summed E-state index contributed by atoms with van der Waals surface area (Å²) in [5.41, 5.74) is 0.144. The predicted octanol–water partition coefficient (Wildman–Crippen LogP) is 5.58. The van der Waals surface area contributed by atoms with Crippen molar-refractivity contribution < 1.29 is 57.3 Å². The molecule has 13 nitrogen and oxygen atoms in total. The second kappa shape index (κ2) is 16.7. The molecule has 0 aliphatic carbocycles. The highest BCUT2D eigenvalue weighted by Crippen LogP contribution is 2.48. The number of amides is 1. The number of hydrogen-bond donors (Lipinski definition) is 2. The first-order valence-electron chi connectivity index (χ1n) is 17.0. The minimum Gasteiger partial charge on any atom is -0.467 e. The highest BCUT2D eigenvalue weighted by atomic mass is 16.7. The van der Waals surface area contributed by atoms with E-state index >= 15 is 0 Å². The maximum Gasteiger partial charge on any atom is 0.303 e. The molecule has 0 aromatic heterocycles. The van der Waals surface area contributed by atoms with Gasteiger partial charge in [0, 0.05) is 59.9 Å². The molecular formula is C39H49NO12. The highest BCUT2D eigenvalue weighted by Gasteiger charge is 2.42. The molecule has 2 aliphatic heterocycles. The Balaban J connectivity index is 1.71. The largest absolute Gasteiger partial charge is 0.467 e. The van der Waals surface area contributed by atoms with Crippen LogP contribution < -0.4 is 14.8 Å². The van der Waals surface area contributed by atoms with Gasteiger partial charge in [0.25, 0.3) is 5.91 Å². The fourth-order valence-electron chi connectivity index (χ4n) is 5.86. The third-order valence-corrected chi connectivity index (χ3v) is 8.47. The number of hydrogen-bond acceptors (Lipinski definition) is 12. The van der Waals surface area contributed by atoms with Gasteiger partial charge < -0.3 is 53.1 Å². The SMILES string of the molecule is COCOc1ccc(C2OCC(C)(C)CO2)cc1C(O)(c1cccc(NC(=O)COC(C)=O)c1)c1cc(C2OCC(C)(C)CO2)ccc1OCOC. The predicted molar refractivity (Wildman–Crippen MR) is 189 cm³/mol. The van der Waals surface area contributed by atoms with Gasteiger partial charge >= 0.3 is 5.97 Å². The molecule has 0 radical (unpaired) electrons. The molecule has 3 aromatic rings. The third-order valence-electron chi connectivity index (χ3n) is 8.47. The fraction of sp³-hybridized carbons (Fsp3) is 0.487. The number of carbonyl (C=O) groups is 2. The van der Waals surface area contributed by atoms with E-state index in [0.29, 0.717) is 71.4 Å². The van der Waals surface area contributed by atoms with E-state index in [0.717, 1.165) is 0 Å². The number of ether oxygens (including phenoxy) is 9. The van der Waals surface area contributed by atoms with Gasteiger partial charge in [0.15, 0.2) is 32.8 Å². The van der Waals surface area contributed by atoms with Crippen LogP contribution in [0, 0.1) is 10.8 Å². The summed E-state index contributed by atoms with van der Waals surface area (Å²) < 4.78 is 52.2. The monoisotopic (exact) mass is 723 g/mol. The van der Waals surface area contributed by atoms with Gasteiger partial charge in [0.2, 0.25) is 0 Å². The molecule has 2 heterocycles. The van der Waals surface area contributed by atoms with Crippen LogP contribution >= 0.6 is 0 Å². The van der Waals surface area contributed by atoms with Crippen molar-refractivity contribution in [2.45, 2.75) is 52.8 Å². The lowest BCUT2D eigenvalue weighted by Crippen LogP contribution is -2.35. The zero-order chi connectivity index (χ0) is 37.5. The van der Waals surface area contributed by atoms with Gasteiger partial charge in [-0.2, -0.15) is 0 Å². The number of rotatable bonds is 14. The molecule has 2 aliphatic rings. The van der Waals surface area contributed by atoms with Crippen molar-refractivity contribution in [3.63, 3.8) is 0 Å². The molecule has 13 heteroatoms.